The topological polar surface area (TPSA) is 45.1 Å². The first-order chi connectivity index (χ1) is 10.2. The van der Waals surface area contributed by atoms with Gasteiger partial charge in [-0.2, -0.15) is 0 Å². The van der Waals surface area contributed by atoms with Crippen LogP contribution in [0.5, 0.6) is 0 Å². The van der Waals surface area contributed by atoms with Gasteiger partial charge >= 0.3 is 0 Å². The smallest absolute Gasteiger partial charge is 0.0915 e. The zero-order chi connectivity index (χ0) is 15.1. The van der Waals surface area contributed by atoms with Crippen LogP contribution >= 0.6 is 0 Å². The molecule has 3 heteroatoms. The van der Waals surface area contributed by atoms with Gasteiger partial charge in [-0.3, -0.25) is 4.98 Å². The summed E-state index contributed by atoms with van der Waals surface area (Å²) in [7, 11) is 0. The van der Waals surface area contributed by atoms with Crippen LogP contribution in [0.25, 0.3) is 0 Å². The van der Waals surface area contributed by atoms with Gasteiger partial charge in [-0.15, -0.1) is 0 Å². The Morgan fingerprint density at radius 3 is 2.33 bits per heavy atom. The van der Waals surface area contributed by atoms with Crippen molar-refractivity contribution in [2.24, 2.45) is 0 Å². The monoisotopic (exact) mass is 284 g/mol. The average molecular weight is 284 g/mol. The molecule has 1 aromatic heterocycles. The van der Waals surface area contributed by atoms with Crippen LogP contribution in [0.4, 0.5) is 0 Å². The van der Waals surface area contributed by atoms with Crippen LogP contribution in [-0.2, 0) is 6.42 Å². The van der Waals surface area contributed by atoms with Gasteiger partial charge in [-0.05, 0) is 42.2 Å². The van der Waals surface area contributed by atoms with Crippen LogP contribution in [0.1, 0.15) is 49.1 Å². The molecule has 0 spiro atoms. The van der Waals surface area contributed by atoms with Crippen molar-refractivity contribution in [3.8, 4) is 0 Å². The molecule has 0 bridgehead atoms. The third kappa shape index (κ3) is 4.66. The summed E-state index contributed by atoms with van der Waals surface area (Å²) in [5, 5.41) is 13.5. The van der Waals surface area contributed by atoms with Crippen molar-refractivity contribution in [2.45, 2.75) is 38.8 Å². The maximum absolute atomic E-state index is 10.1. The van der Waals surface area contributed by atoms with Gasteiger partial charge in [0.2, 0.25) is 0 Å². The molecular weight excluding hydrogens is 260 g/mol. The number of aromatic nitrogens is 1. The summed E-state index contributed by atoms with van der Waals surface area (Å²) in [4.78, 5) is 3.96. The van der Waals surface area contributed by atoms with Crippen molar-refractivity contribution in [1.29, 1.82) is 0 Å². The number of hydrogen-bond acceptors (Lipinski definition) is 3. The molecule has 0 aliphatic heterocycles. The highest BCUT2D eigenvalue weighted by Crippen LogP contribution is 2.16. The minimum absolute atomic E-state index is 0.220. The van der Waals surface area contributed by atoms with E-state index in [-0.39, 0.29) is 6.04 Å². The fourth-order valence-corrected chi connectivity index (χ4v) is 2.37. The largest absolute Gasteiger partial charge is 0.387 e. The highest BCUT2D eigenvalue weighted by atomic mass is 16.3. The Morgan fingerprint density at radius 2 is 1.71 bits per heavy atom. The second-order valence-corrected chi connectivity index (χ2v) is 5.42. The van der Waals surface area contributed by atoms with Crippen molar-refractivity contribution in [2.75, 3.05) is 6.54 Å². The lowest BCUT2D eigenvalue weighted by atomic mass is 10.0. The molecule has 0 aliphatic carbocycles. The molecule has 2 rings (SSSR count). The SMILES string of the molecule is CCCc1ccc(C(C)NCC(O)c2ccncc2)cc1. The van der Waals surface area contributed by atoms with Crippen molar-refractivity contribution in [1.82, 2.24) is 10.3 Å². The molecule has 0 aliphatic rings. The minimum atomic E-state index is -0.505. The van der Waals surface area contributed by atoms with Gasteiger partial charge in [0.25, 0.3) is 0 Å². The Balaban J connectivity index is 1.88. The Hall–Kier alpha value is -1.71. The van der Waals surface area contributed by atoms with E-state index in [2.05, 4.69) is 48.4 Å². The summed E-state index contributed by atoms with van der Waals surface area (Å²) in [6.45, 7) is 4.84. The van der Waals surface area contributed by atoms with Crippen LogP contribution < -0.4 is 5.32 Å². The molecule has 2 atom stereocenters. The zero-order valence-electron chi connectivity index (χ0n) is 12.8. The molecule has 3 nitrogen and oxygen atoms in total. The number of rotatable bonds is 7. The van der Waals surface area contributed by atoms with Gasteiger partial charge in [0.15, 0.2) is 0 Å². The van der Waals surface area contributed by atoms with E-state index >= 15 is 0 Å². The van der Waals surface area contributed by atoms with Crippen LogP contribution in [-0.4, -0.2) is 16.6 Å². The standard InChI is InChI=1S/C18H24N2O/c1-3-4-15-5-7-16(8-6-15)14(2)20-13-18(21)17-9-11-19-12-10-17/h5-12,14,18,20-21H,3-4,13H2,1-2H3. The highest BCUT2D eigenvalue weighted by Gasteiger charge is 2.10. The molecule has 0 saturated carbocycles. The van der Waals surface area contributed by atoms with E-state index in [0.717, 1.165) is 12.0 Å². The van der Waals surface area contributed by atoms with E-state index < -0.39 is 6.10 Å². The number of pyridine rings is 1. The normalized spacial score (nSPS) is 13.9. The summed E-state index contributed by atoms with van der Waals surface area (Å²) in [6, 6.07) is 12.6. The molecule has 0 saturated heterocycles. The van der Waals surface area contributed by atoms with Crippen LogP contribution in [0.3, 0.4) is 0 Å². The molecule has 0 radical (unpaired) electrons. The van der Waals surface area contributed by atoms with E-state index in [0.29, 0.717) is 6.54 Å². The fraction of sp³-hybridized carbons (Fsp3) is 0.389. The van der Waals surface area contributed by atoms with Crippen LogP contribution in [0.2, 0.25) is 0 Å². The average Bonchev–Trinajstić information content (AvgIpc) is 2.54. The van der Waals surface area contributed by atoms with E-state index in [9.17, 15) is 5.11 Å². The molecule has 2 N–H and O–H groups in total. The molecule has 1 aromatic carbocycles. The Morgan fingerprint density at radius 1 is 1.05 bits per heavy atom. The van der Waals surface area contributed by atoms with Crippen molar-refractivity contribution >= 4 is 0 Å². The summed E-state index contributed by atoms with van der Waals surface area (Å²) in [5.74, 6) is 0. The van der Waals surface area contributed by atoms with Gasteiger partial charge in [0, 0.05) is 25.0 Å². The molecule has 21 heavy (non-hydrogen) atoms. The van der Waals surface area contributed by atoms with Gasteiger partial charge in [-0.25, -0.2) is 0 Å². The second kappa shape index (κ2) is 7.91. The lowest BCUT2D eigenvalue weighted by Crippen LogP contribution is -2.24. The lowest BCUT2D eigenvalue weighted by molar-refractivity contribution is 0.170. The summed E-state index contributed by atoms with van der Waals surface area (Å²) in [6.07, 6.45) is 5.20. The highest BCUT2D eigenvalue weighted by molar-refractivity contribution is 5.25. The molecule has 112 valence electrons. The third-order valence-electron chi connectivity index (χ3n) is 3.73. The van der Waals surface area contributed by atoms with Crippen molar-refractivity contribution in [3.63, 3.8) is 0 Å². The van der Waals surface area contributed by atoms with Gasteiger partial charge in [0.05, 0.1) is 6.10 Å². The van der Waals surface area contributed by atoms with Crippen LogP contribution in [0, 0.1) is 0 Å². The molecule has 2 unspecified atom stereocenters. The number of aliphatic hydroxyl groups is 1. The maximum Gasteiger partial charge on any atom is 0.0915 e. The van der Waals surface area contributed by atoms with Gasteiger partial charge in [0.1, 0.15) is 0 Å². The molecule has 0 amide bonds. The van der Waals surface area contributed by atoms with Gasteiger partial charge in [-0.1, -0.05) is 37.6 Å². The fourth-order valence-electron chi connectivity index (χ4n) is 2.37. The molecule has 1 heterocycles. The quantitative estimate of drug-likeness (QED) is 0.819. The number of nitrogens with one attached hydrogen (secondary N) is 1. The second-order valence-electron chi connectivity index (χ2n) is 5.42. The third-order valence-corrected chi connectivity index (χ3v) is 3.73. The first-order valence-electron chi connectivity index (χ1n) is 7.61. The predicted octanol–water partition coefficient (Wildman–Crippen LogP) is 3.42. The number of benzene rings is 1. The maximum atomic E-state index is 10.1. The Labute approximate surface area is 127 Å². The summed E-state index contributed by atoms with van der Waals surface area (Å²) >= 11 is 0. The van der Waals surface area contributed by atoms with E-state index in [1.807, 2.05) is 12.1 Å². The number of hydrogen-bond donors (Lipinski definition) is 2. The van der Waals surface area contributed by atoms with E-state index in [1.165, 1.54) is 17.5 Å². The molecule has 0 fully saturated rings. The summed E-state index contributed by atoms with van der Waals surface area (Å²) in [5.41, 5.74) is 3.52. The van der Waals surface area contributed by atoms with Crippen molar-refractivity contribution in [3.05, 3.63) is 65.5 Å². The zero-order valence-corrected chi connectivity index (χ0v) is 12.8. The number of nitrogens with zero attached hydrogens (tertiary/aromatic N) is 1. The van der Waals surface area contributed by atoms with Crippen LogP contribution in [0.15, 0.2) is 48.8 Å². The predicted molar refractivity (Wildman–Crippen MR) is 86.1 cm³/mol. The number of aryl methyl sites for hydroxylation is 1. The van der Waals surface area contributed by atoms with Gasteiger partial charge < -0.3 is 10.4 Å². The Bertz CT molecular complexity index is 525. The molecular formula is C18H24N2O. The van der Waals surface area contributed by atoms with Crippen molar-refractivity contribution < 1.29 is 5.11 Å². The van der Waals surface area contributed by atoms with E-state index in [4.69, 9.17) is 0 Å². The molecule has 2 aromatic rings. The summed E-state index contributed by atoms with van der Waals surface area (Å²) < 4.78 is 0. The minimum Gasteiger partial charge on any atom is -0.387 e. The lowest BCUT2D eigenvalue weighted by Gasteiger charge is -2.18. The number of aliphatic hydroxyl groups excluding tert-OH is 1. The first-order valence-corrected chi connectivity index (χ1v) is 7.61. The Kier molecular flexibility index (Phi) is 5.90. The first kappa shape index (κ1) is 15.7. The van der Waals surface area contributed by atoms with E-state index in [1.54, 1.807) is 12.4 Å².